The molecule has 1 fully saturated rings. The molecule has 1 atom stereocenters. The number of amides is 2. The highest BCUT2D eigenvalue weighted by Gasteiger charge is 2.34. The van der Waals surface area contributed by atoms with Gasteiger partial charge in [0.15, 0.2) is 0 Å². The second kappa shape index (κ2) is 12.7. The van der Waals surface area contributed by atoms with Crippen LogP contribution >= 0.6 is 11.3 Å². The Morgan fingerprint density at radius 2 is 1.81 bits per heavy atom. The van der Waals surface area contributed by atoms with Gasteiger partial charge in [-0.3, -0.25) is 19.3 Å². The first-order chi connectivity index (χ1) is 20.2. The number of piperidine rings is 1. The SMILES string of the molecule is CCOC(=O)C1CCCN(S(=O)(=O)c2ccc(C(=O)Nc3sc4c(c3C(N)=O)CCN(Cc3ccccc3)C4)cc2)C1. The number of hydrogen-bond acceptors (Lipinski definition) is 8. The summed E-state index contributed by atoms with van der Waals surface area (Å²) in [5.74, 6) is -1.95. The molecule has 12 heteroatoms. The molecule has 3 aromatic rings. The lowest BCUT2D eigenvalue weighted by molar-refractivity contribution is -0.149. The van der Waals surface area contributed by atoms with Gasteiger partial charge >= 0.3 is 5.97 Å². The standard InChI is InChI=1S/C30H34N4O6S2/c1-2-40-30(37)22-9-6-15-34(18-22)42(38,39)23-12-10-21(11-13-23)28(36)32-29-26(27(31)35)24-14-16-33(19-25(24)41-29)17-20-7-4-3-5-8-20/h3-5,7-8,10-13,22H,2,6,9,14-19H2,1H3,(H2,31,35)(H,32,36). The van der Waals surface area contributed by atoms with Crippen LogP contribution in [0.15, 0.2) is 59.5 Å². The number of primary amides is 1. The maximum absolute atomic E-state index is 13.3. The van der Waals surface area contributed by atoms with Crippen molar-refractivity contribution in [2.24, 2.45) is 11.7 Å². The summed E-state index contributed by atoms with van der Waals surface area (Å²) in [6.07, 6.45) is 1.78. The van der Waals surface area contributed by atoms with Crippen molar-refractivity contribution in [3.8, 4) is 0 Å². The summed E-state index contributed by atoms with van der Waals surface area (Å²) in [4.78, 5) is 41.1. The smallest absolute Gasteiger partial charge is 0.310 e. The minimum atomic E-state index is -3.86. The number of rotatable bonds is 9. The van der Waals surface area contributed by atoms with Crippen molar-refractivity contribution in [2.45, 2.75) is 44.2 Å². The van der Waals surface area contributed by atoms with Crippen LogP contribution < -0.4 is 11.1 Å². The van der Waals surface area contributed by atoms with E-state index in [0.717, 1.165) is 23.5 Å². The molecule has 42 heavy (non-hydrogen) atoms. The second-order valence-corrected chi connectivity index (χ2v) is 13.5. The zero-order valence-electron chi connectivity index (χ0n) is 23.4. The number of anilines is 1. The maximum Gasteiger partial charge on any atom is 0.310 e. The van der Waals surface area contributed by atoms with Gasteiger partial charge in [-0.25, -0.2) is 8.42 Å². The highest BCUT2D eigenvalue weighted by molar-refractivity contribution is 7.89. The summed E-state index contributed by atoms with van der Waals surface area (Å²) in [5, 5.41) is 3.23. The molecule has 5 rings (SSSR count). The lowest BCUT2D eigenvalue weighted by atomic mass is 10.0. The number of carbonyl (C=O) groups excluding carboxylic acids is 3. The molecule has 0 bridgehead atoms. The van der Waals surface area contributed by atoms with Crippen molar-refractivity contribution in [2.75, 3.05) is 31.6 Å². The van der Waals surface area contributed by atoms with Crippen molar-refractivity contribution >= 4 is 44.1 Å². The number of fused-ring (bicyclic) bond motifs is 1. The van der Waals surface area contributed by atoms with Crippen LogP contribution in [0.5, 0.6) is 0 Å². The Morgan fingerprint density at radius 3 is 2.50 bits per heavy atom. The fourth-order valence-electron chi connectivity index (χ4n) is 5.50. The molecular weight excluding hydrogens is 576 g/mol. The highest BCUT2D eigenvalue weighted by Crippen LogP contribution is 2.37. The Morgan fingerprint density at radius 1 is 1.07 bits per heavy atom. The Kier molecular flexibility index (Phi) is 9.07. The molecule has 2 aliphatic rings. The van der Waals surface area contributed by atoms with E-state index in [4.69, 9.17) is 10.5 Å². The fourth-order valence-corrected chi connectivity index (χ4v) is 8.31. The highest BCUT2D eigenvalue weighted by atomic mass is 32.2. The molecule has 10 nitrogen and oxygen atoms in total. The van der Waals surface area contributed by atoms with E-state index in [-0.39, 0.29) is 29.6 Å². The molecule has 0 saturated carbocycles. The zero-order chi connectivity index (χ0) is 29.9. The van der Waals surface area contributed by atoms with E-state index in [1.807, 2.05) is 18.2 Å². The van der Waals surface area contributed by atoms with Gasteiger partial charge < -0.3 is 15.8 Å². The van der Waals surface area contributed by atoms with Crippen LogP contribution in [0.4, 0.5) is 5.00 Å². The molecular formula is C30H34N4O6S2. The largest absolute Gasteiger partial charge is 0.466 e. The molecule has 3 N–H and O–H groups in total. The number of nitrogens with zero attached hydrogens (tertiary/aromatic N) is 2. The number of carbonyl (C=O) groups is 3. The van der Waals surface area contributed by atoms with Crippen molar-refractivity contribution in [1.82, 2.24) is 9.21 Å². The van der Waals surface area contributed by atoms with Crippen LogP contribution in [-0.2, 0) is 39.1 Å². The number of nitrogens with two attached hydrogens (primary N) is 1. The summed E-state index contributed by atoms with van der Waals surface area (Å²) in [5.41, 5.74) is 8.39. The monoisotopic (exact) mass is 610 g/mol. The molecule has 1 unspecified atom stereocenters. The third-order valence-corrected chi connectivity index (χ3v) is 10.6. The van der Waals surface area contributed by atoms with Crippen molar-refractivity contribution in [3.05, 3.63) is 81.7 Å². The van der Waals surface area contributed by atoms with Gasteiger partial charge in [-0.05, 0) is 61.6 Å². The van der Waals surface area contributed by atoms with Gasteiger partial charge in [0, 0.05) is 43.2 Å². The first-order valence-corrected chi connectivity index (χ1v) is 16.2. The molecule has 3 heterocycles. The number of esters is 1. The van der Waals surface area contributed by atoms with Crippen molar-refractivity contribution in [3.63, 3.8) is 0 Å². The van der Waals surface area contributed by atoms with Crippen LogP contribution in [0.1, 0.15) is 56.5 Å². The number of ether oxygens (including phenoxy) is 1. The third-order valence-electron chi connectivity index (χ3n) is 7.62. The number of benzene rings is 2. The third kappa shape index (κ3) is 6.41. The zero-order valence-corrected chi connectivity index (χ0v) is 25.0. The van der Waals surface area contributed by atoms with Gasteiger partial charge in [-0.1, -0.05) is 30.3 Å². The van der Waals surface area contributed by atoms with Crippen molar-refractivity contribution in [1.29, 1.82) is 0 Å². The van der Waals surface area contributed by atoms with Crippen molar-refractivity contribution < 1.29 is 27.5 Å². The average Bonchev–Trinajstić information content (AvgIpc) is 3.35. The Hall–Kier alpha value is -3.58. The molecule has 2 aliphatic heterocycles. The fraction of sp³-hybridized carbons (Fsp3) is 0.367. The number of nitrogens with one attached hydrogen (secondary N) is 1. The minimum Gasteiger partial charge on any atom is -0.466 e. The van der Waals surface area contributed by atoms with E-state index >= 15 is 0 Å². The van der Waals surface area contributed by atoms with Gasteiger partial charge in [0.1, 0.15) is 5.00 Å². The maximum atomic E-state index is 13.3. The quantitative estimate of drug-likeness (QED) is 0.353. The molecule has 2 aromatic carbocycles. The minimum absolute atomic E-state index is 0.0338. The van der Waals surface area contributed by atoms with Gasteiger partial charge in [-0.15, -0.1) is 11.3 Å². The second-order valence-electron chi connectivity index (χ2n) is 10.5. The van der Waals surface area contributed by atoms with Gasteiger partial charge in [0.25, 0.3) is 11.8 Å². The topological polar surface area (TPSA) is 139 Å². The summed E-state index contributed by atoms with van der Waals surface area (Å²) in [6.45, 7) is 4.52. The van der Waals surface area contributed by atoms with Crippen LogP contribution in [-0.4, -0.2) is 61.6 Å². The molecule has 0 aliphatic carbocycles. The van der Waals surface area contributed by atoms with E-state index in [1.54, 1.807) is 6.92 Å². The number of thiophene rings is 1. The van der Waals surface area contributed by atoms with Gasteiger partial charge in [0.05, 0.1) is 23.0 Å². The van der Waals surface area contributed by atoms with E-state index in [2.05, 4.69) is 22.3 Å². The molecule has 0 radical (unpaired) electrons. The Balaban J connectivity index is 1.28. The molecule has 0 spiro atoms. The van der Waals surface area contributed by atoms with Gasteiger partial charge in [0.2, 0.25) is 10.0 Å². The van der Waals surface area contributed by atoms with Crippen LogP contribution in [0.3, 0.4) is 0 Å². The van der Waals surface area contributed by atoms with E-state index < -0.39 is 27.8 Å². The first-order valence-electron chi connectivity index (χ1n) is 14.0. The van der Waals surface area contributed by atoms with E-state index in [1.165, 1.54) is 45.5 Å². The Labute approximate surface area is 249 Å². The van der Waals surface area contributed by atoms with Crippen LogP contribution in [0.25, 0.3) is 0 Å². The Bertz CT molecular complexity index is 1570. The predicted octanol–water partition coefficient (Wildman–Crippen LogP) is 3.62. The number of hydrogen-bond donors (Lipinski definition) is 2. The van der Waals surface area contributed by atoms with E-state index in [0.29, 0.717) is 42.9 Å². The molecule has 1 saturated heterocycles. The van der Waals surface area contributed by atoms with Crippen LogP contribution in [0.2, 0.25) is 0 Å². The lowest BCUT2D eigenvalue weighted by Crippen LogP contribution is -2.42. The first kappa shape index (κ1) is 29.9. The van der Waals surface area contributed by atoms with Gasteiger partial charge in [-0.2, -0.15) is 4.31 Å². The normalized spacial score (nSPS) is 17.8. The summed E-state index contributed by atoms with van der Waals surface area (Å²) in [6, 6.07) is 15.8. The molecule has 2 amide bonds. The summed E-state index contributed by atoms with van der Waals surface area (Å²) >= 11 is 1.34. The number of sulfonamides is 1. The summed E-state index contributed by atoms with van der Waals surface area (Å²) in [7, 11) is -3.86. The average molecular weight is 611 g/mol. The molecule has 222 valence electrons. The molecule has 1 aromatic heterocycles. The summed E-state index contributed by atoms with van der Waals surface area (Å²) < 4.78 is 32.9. The predicted molar refractivity (Wildman–Crippen MR) is 160 cm³/mol. The van der Waals surface area contributed by atoms with E-state index in [9.17, 15) is 22.8 Å². The van der Waals surface area contributed by atoms with Crippen LogP contribution in [0, 0.1) is 5.92 Å². The lowest BCUT2D eigenvalue weighted by Gasteiger charge is -2.30.